The van der Waals surface area contributed by atoms with Gasteiger partial charge in [0.2, 0.25) is 0 Å². The van der Waals surface area contributed by atoms with Crippen molar-refractivity contribution in [2.45, 2.75) is 33.1 Å². The van der Waals surface area contributed by atoms with Crippen molar-refractivity contribution in [3.8, 4) is 0 Å². The molecule has 0 N–H and O–H groups in total. The number of likely N-dealkylation sites (tertiary alicyclic amines) is 1. The predicted octanol–water partition coefficient (Wildman–Crippen LogP) is 1.67. The van der Waals surface area contributed by atoms with Crippen LogP contribution < -0.4 is 0 Å². The van der Waals surface area contributed by atoms with E-state index in [1.807, 2.05) is 0 Å². The Morgan fingerprint density at radius 1 is 1.36 bits per heavy atom. The van der Waals surface area contributed by atoms with Gasteiger partial charge in [0.1, 0.15) is 0 Å². The van der Waals surface area contributed by atoms with Crippen molar-refractivity contribution in [2.75, 3.05) is 26.7 Å². The van der Waals surface area contributed by atoms with Crippen molar-refractivity contribution in [2.24, 2.45) is 5.41 Å². The maximum atomic E-state index is 11.1. The molecule has 3 nitrogen and oxygen atoms in total. The summed E-state index contributed by atoms with van der Waals surface area (Å²) in [4.78, 5) is 13.3. The van der Waals surface area contributed by atoms with E-state index in [0.29, 0.717) is 12.0 Å². The third-order valence-corrected chi connectivity index (χ3v) is 3.01. The van der Waals surface area contributed by atoms with Gasteiger partial charge in [-0.25, -0.2) is 0 Å². The maximum absolute atomic E-state index is 11.1. The summed E-state index contributed by atoms with van der Waals surface area (Å²) in [5.41, 5.74) is 0.435. The molecule has 82 valence electrons. The molecule has 14 heavy (non-hydrogen) atoms. The van der Waals surface area contributed by atoms with E-state index in [-0.39, 0.29) is 5.97 Å². The quantitative estimate of drug-likeness (QED) is 0.634. The molecule has 1 saturated heterocycles. The van der Waals surface area contributed by atoms with E-state index < -0.39 is 0 Å². The molecule has 0 aromatic carbocycles. The van der Waals surface area contributed by atoms with Crippen LogP contribution in [0.4, 0.5) is 0 Å². The number of methoxy groups -OCH3 is 1. The highest BCUT2D eigenvalue weighted by atomic mass is 16.5. The molecular formula is C11H21NO2. The van der Waals surface area contributed by atoms with Gasteiger partial charge in [-0.15, -0.1) is 0 Å². The zero-order chi connectivity index (χ0) is 10.6. The van der Waals surface area contributed by atoms with Crippen molar-refractivity contribution in [3.63, 3.8) is 0 Å². The van der Waals surface area contributed by atoms with Crippen molar-refractivity contribution in [1.29, 1.82) is 0 Å². The molecule has 0 saturated carbocycles. The second-order valence-electron chi connectivity index (χ2n) is 4.87. The van der Waals surface area contributed by atoms with Gasteiger partial charge in [-0.05, 0) is 37.8 Å². The zero-order valence-electron chi connectivity index (χ0n) is 9.51. The summed E-state index contributed by atoms with van der Waals surface area (Å²) in [5, 5.41) is 0. The van der Waals surface area contributed by atoms with E-state index in [2.05, 4.69) is 23.5 Å². The molecule has 0 bridgehead atoms. The Kier molecular flexibility index (Phi) is 3.93. The lowest BCUT2D eigenvalue weighted by atomic mass is 9.85. The first-order chi connectivity index (χ1) is 6.53. The predicted molar refractivity (Wildman–Crippen MR) is 56.1 cm³/mol. The number of carbonyl (C=O) groups excluding carboxylic acids is 1. The smallest absolute Gasteiger partial charge is 0.319 e. The molecule has 1 rings (SSSR count). The van der Waals surface area contributed by atoms with Crippen LogP contribution in [0, 0.1) is 5.41 Å². The van der Waals surface area contributed by atoms with Gasteiger partial charge in [-0.3, -0.25) is 9.69 Å². The summed E-state index contributed by atoms with van der Waals surface area (Å²) in [5.74, 6) is -0.121. The highest BCUT2D eigenvalue weighted by Crippen LogP contribution is 2.29. The van der Waals surface area contributed by atoms with Gasteiger partial charge in [-0.1, -0.05) is 13.8 Å². The molecule has 0 aliphatic carbocycles. The first-order valence-electron chi connectivity index (χ1n) is 5.33. The average Bonchev–Trinajstić information content (AvgIpc) is 2.28. The number of hydrogen-bond donors (Lipinski definition) is 0. The molecule has 0 radical (unpaired) electrons. The summed E-state index contributed by atoms with van der Waals surface area (Å²) >= 11 is 0. The Morgan fingerprint density at radius 3 is 2.71 bits per heavy atom. The second kappa shape index (κ2) is 4.78. The topological polar surface area (TPSA) is 29.5 Å². The van der Waals surface area contributed by atoms with Crippen molar-refractivity contribution in [3.05, 3.63) is 0 Å². The molecule has 0 aromatic heterocycles. The maximum Gasteiger partial charge on any atom is 0.319 e. The van der Waals surface area contributed by atoms with Gasteiger partial charge in [-0.2, -0.15) is 0 Å². The van der Waals surface area contributed by atoms with Gasteiger partial charge in [0.05, 0.1) is 13.7 Å². The highest BCUT2D eigenvalue weighted by Gasteiger charge is 2.23. The van der Waals surface area contributed by atoms with Crippen LogP contribution in [0.25, 0.3) is 0 Å². The monoisotopic (exact) mass is 199 g/mol. The van der Waals surface area contributed by atoms with E-state index in [9.17, 15) is 4.79 Å². The van der Waals surface area contributed by atoms with E-state index in [1.165, 1.54) is 26.4 Å². The Balaban J connectivity index is 2.38. The van der Waals surface area contributed by atoms with E-state index in [0.717, 1.165) is 13.1 Å². The Labute approximate surface area is 86.4 Å². The van der Waals surface area contributed by atoms with Gasteiger partial charge in [0.15, 0.2) is 0 Å². The Hall–Kier alpha value is -0.570. The van der Waals surface area contributed by atoms with E-state index >= 15 is 0 Å². The van der Waals surface area contributed by atoms with Crippen LogP contribution in [0.1, 0.15) is 33.1 Å². The standard InChI is InChI=1S/C11H21NO2/c1-11(2)5-4-7-12(8-6-11)9-10(13)14-3/h4-9H2,1-3H3. The fraction of sp³-hybridized carbons (Fsp3) is 0.909. The van der Waals surface area contributed by atoms with Crippen molar-refractivity contribution in [1.82, 2.24) is 4.90 Å². The normalized spacial score (nSPS) is 22.8. The lowest BCUT2D eigenvalue weighted by Crippen LogP contribution is -2.31. The molecule has 1 aliphatic heterocycles. The zero-order valence-corrected chi connectivity index (χ0v) is 9.51. The summed E-state index contributed by atoms with van der Waals surface area (Å²) in [6, 6.07) is 0. The third-order valence-electron chi connectivity index (χ3n) is 3.01. The van der Waals surface area contributed by atoms with Crippen LogP contribution in [-0.2, 0) is 9.53 Å². The SMILES string of the molecule is COC(=O)CN1CCCC(C)(C)CC1. The number of rotatable bonds is 2. The molecule has 0 aromatic rings. The number of hydrogen-bond acceptors (Lipinski definition) is 3. The van der Waals surface area contributed by atoms with Crippen LogP contribution in [0.15, 0.2) is 0 Å². The summed E-state index contributed by atoms with van der Waals surface area (Å²) in [6.07, 6.45) is 3.61. The minimum Gasteiger partial charge on any atom is -0.468 e. The minimum absolute atomic E-state index is 0.121. The molecule has 1 heterocycles. The third kappa shape index (κ3) is 3.66. The molecule has 0 amide bonds. The number of carbonyl (C=O) groups is 1. The van der Waals surface area contributed by atoms with Crippen LogP contribution >= 0.6 is 0 Å². The molecule has 0 atom stereocenters. The highest BCUT2D eigenvalue weighted by molar-refractivity contribution is 5.71. The molecule has 1 fully saturated rings. The first-order valence-corrected chi connectivity index (χ1v) is 5.33. The second-order valence-corrected chi connectivity index (χ2v) is 4.87. The fourth-order valence-electron chi connectivity index (χ4n) is 1.88. The molecular weight excluding hydrogens is 178 g/mol. The van der Waals surface area contributed by atoms with E-state index in [1.54, 1.807) is 0 Å². The van der Waals surface area contributed by atoms with Crippen molar-refractivity contribution >= 4 is 5.97 Å². The van der Waals surface area contributed by atoms with Crippen LogP contribution in [0.3, 0.4) is 0 Å². The summed E-state index contributed by atoms with van der Waals surface area (Å²) in [6.45, 7) is 7.09. The Bertz CT molecular complexity index is 201. The number of esters is 1. The van der Waals surface area contributed by atoms with Crippen molar-refractivity contribution < 1.29 is 9.53 Å². The number of nitrogens with zero attached hydrogens (tertiary/aromatic N) is 1. The largest absolute Gasteiger partial charge is 0.468 e. The van der Waals surface area contributed by atoms with Crippen LogP contribution in [0.5, 0.6) is 0 Å². The van der Waals surface area contributed by atoms with Gasteiger partial charge in [0, 0.05) is 0 Å². The lowest BCUT2D eigenvalue weighted by molar-refractivity contribution is -0.141. The fourth-order valence-corrected chi connectivity index (χ4v) is 1.88. The van der Waals surface area contributed by atoms with E-state index in [4.69, 9.17) is 0 Å². The molecule has 0 spiro atoms. The minimum atomic E-state index is -0.121. The Morgan fingerprint density at radius 2 is 2.07 bits per heavy atom. The number of ether oxygens (including phenoxy) is 1. The van der Waals surface area contributed by atoms with Gasteiger partial charge >= 0.3 is 5.97 Å². The van der Waals surface area contributed by atoms with Crippen LogP contribution in [-0.4, -0.2) is 37.6 Å². The van der Waals surface area contributed by atoms with Crippen LogP contribution in [0.2, 0.25) is 0 Å². The van der Waals surface area contributed by atoms with Gasteiger partial charge < -0.3 is 4.74 Å². The lowest BCUT2D eigenvalue weighted by Gasteiger charge is -2.22. The first kappa shape index (κ1) is 11.5. The summed E-state index contributed by atoms with van der Waals surface area (Å²) < 4.78 is 4.67. The average molecular weight is 199 g/mol. The molecule has 0 unspecified atom stereocenters. The molecule has 1 aliphatic rings. The molecule has 3 heteroatoms. The van der Waals surface area contributed by atoms with Gasteiger partial charge in [0.25, 0.3) is 0 Å². The summed E-state index contributed by atoms with van der Waals surface area (Å²) in [7, 11) is 1.45.